The van der Waals surface area contributed by atoms with E-state index < -0.39 is 5.51 Å². The number of aromatic amines is 1. The van der Waals surface area contributed by atoms with Crippen LogP contribution in [-0.2, 0) is 17.3 Å². The van der Waals surface area contributed by atoms with Crippen molar-refractivity contribution < 1.29 is 13.2 Å². The van der Waals surface area contributed by atoms with Gasteiger partial charge < -0.3 is 27.5 Å². The molecule has 8 N–H and O–H groups in total. The highest BCUT2D eigenvalue weighted by molar-refractivity contribution is 8.00. The number of alkyl halides is 3. The lowest BCUT2D eigenvalue weighted by molar-refractivity contribution is -0.0328. The van der Waals surface area contributed by atoms with E-state index in [4.69, 9.17) is 17.2 Å². The third-order valence-electron chi connectivity index (χ3n) is 9.47. The minimum absolute atomic E-state index is 0.0248. The molecule has 1 saturated carbocycles. The number of rotatable bonds is 12. The number of nitrogens with two attached hydrogens (primary N) is 3. The van der Waals surface area contributed by atoms with Gasteiger partial charge in [0.25, 0.3) is 0 Å². The number of benzene rings is 2. The molecule has 0 bridgehead atoms. The predicted octanol–water partition coefficient (Wildman–Crippen LogP) is 7.59. The molecule has 1 aliphatic carbocycles. The van der Waals surface area contributed by atoms with Gasteiger partial charge in [0.2, 0.25) is 0 Å². The number of fused-ring (bicyclic) bond motifs is 1. The summed E-state index contributed by atoms with van der Waals surface area (Å²) in [5.41, 5.74) is 17.5. The highest BCUT2D eigenvalue weighted by Gasteiger charge is 2.40. The summed E-state index contributed by atoms with van der Waals surface area (Å²) in [5.74, 6) is 0.121. The van der Waals surface area contributed by atoms with Gasteiger partial charge in [-0.05, 0) is 122 Å². The van der Waals surface area contributed by atoms with E-state index in [1.807, 2.05) is 57.3 Å². The number of aryl methyl sites for hydroxylation is 1. The molecule has 0 unspecified atom stereocenters. The minimum Gasteiger partial charge on any atom is -0.370 e. The van der Waals surface area contributed by atoms with Gasteiger partial charge in [0.15, 0.2) is 5.96 Å². The van der Waals surface area contributed by atoms with Crippen molar-refractivity contribution in [3.05, 3.63) is 87.6 Å². The molecular formula is C39H55F3N8OS. The molecule has 2 heterocycles. The van der Waals surface area contributed by atoms with Crippen molar-refractivity contribution in [2.24, 2.45) is 27.6 Å². The van der Waals surface area contributed by atoms with Crippen molar-refractivity contribution in [2.45, 2.75) is 108 Å². The number of aromatic nitrogens is 3. The van der Waals surface area contributed by atoms with Crippen LogP contribution in [0.2, 0.25) is 0 Å². The lowest BCUT2D eigenvalue weighted by Gasteiger charge is -2.22. The third kappa shape index (κ3) is 11.9. The van der Waals surface area contributed by atoms with Gasteiger partial charge in [-0.3, -0.25) is 9.56 Å². The molecule has 2 aromatic carbocycles. The predicted molar refractivity (Wildman–Crippen MR) is 208 cm³/mol. The first-order chi connectivity index (χ1) is 24.2. The van der Waals surface area contributed by atoms with Gasteiger partial charge in [-0.1, -0.05) is 59.7 Å². The minimum atomic E-state index is -4.25. The Bertz CT molecular complexity index is 1880. The highest BCUT2D eigenvalue weighted by Crippen LogP contribution is 2.48. The summed E-state index contributed by atoms with van der Waals surface area (Å²) in [5, 5.41) is 4.36. The Morgan fingerprint density at radius 1 is 1.04 bits per heavy atom. The van der Waals surface area contributed by atoms with Gasteiger partial charge in [-0.2, -0.15) is 18.2 Å². The van der Waals surface area contributed by atoms with Gasteiger partial charge in [-0.15, -0.1) is 0 Å². The van der Waals surface area contributed by atoms with E-state index in [0.717, 1.165) is 72.1 Å². The van der Waals surface area contributed by atoms with Gasteiger partial charge >= 0.3 is 11.2 Å². The van der Waals surface area contributed by atoms with E-state index in [-0.39, 0.29) is 50.6 Å². The van der Waals surface area contributed by atoms with Crippen molar-refractivity contribution in [3.8, 4) is 5.69 Å². The fourth-order valence-corrected chi connectivity index (χ4v) is 6.47. The maximum atomic E-state index is 12.7. The van der Waals surface area contributed by atoms with Crippen molar-refractivity contribution in [1.29, 1.82) is 0 Å². The van der Waals surface area contributed by atoms with Crippen LogP contribution in [0.15, 0.2) is 69.4 Å². The largest absolute Gasteiger partial charge is 0.446 e. The lowest BCUT2D eigenvalue weighted by atomic mass is 9.85. The molecule has 0 amide bonds. The molecular weight excluding hydrogens is 686 g/mol. The summed E-state index contributed by atoms with van der Waals surface area (Å²) in [6, 6.07) is 15.6. The van der Waals surface area contributed by atoms with E-state index in [1.54, 1.807) is 16.7 Å². The van der Waals surface area contributed by atoms with Crippen LogP contribution in [0, 0.1) is 5.41 Å². The summed E-state index contributed by atoms with van der Waals surface area (Å²) in [4.78, 5) is 24.3. The van der Waals surface area contributed by atoms with E-state index in [9.17, 15) is 18.0 Å². The van der Waals surface area contributed by atoms with E-state index in [1.165, 1.54) is 0 Å². The number of nitrogens with zero attached hydrogens (tertiary/aromatic N) is 3. The molecule has 0 spiro atoms. The summed E-state index contributed by atoms with van der Waals surface area (Å²) in [6.45, 7) is 16.6. The van der Waals surface area contributed by atoms with Crippen LogP contribution in [0.5, 0.6) is 0 Å². The van der Waals surface area contributed by atoms with Crippen LogP contribution >= 0.6 is 11.8 Å². The van der Waals surface area contributed by atoms with Crippen LogP contribution in [0.4, 0.5) is 13.2 Å². The number of hydrogen-bond donors (Lipinski definition) is 5. The van der Waals surface area contributed by atoms with Gasteiger partial charge in [0, 0.05) is 40.2 Å². The second kappa shape index (κ2) is 16.5. The zero-order chi connectivity index (χ0) is 38.5. The zero-order valence-electron chi connectivity index (χ0n) is 31.5. The van der Waals surface area contributed by atoms with Gasteiger partial charge in [0.05, 0.1) is 5.69 Å². The molecule has 13 heteroatoms. The fraction of sp³-hybridized carbons (Fsp3) is 0.513. The molecule has 0 radical (unpaired) electrons. The van der Waals surface area contributed by atoms with Gasteiger partial charge in [-0.25, -0.2) is 4.79 Å². The number of H-pyrrole nitrogens is 1. The monoisotopic (exact) mass is 740 g/mol. The Labute approximate surface area is 309 Å². The lowest BCUT2D eigenvalue weighted by Crippen LogP contribution is -2.24. The van der Waals surface area contributed by atoms with Crippen LogP contribution in [0.1, 0.15) is 103 Å². The topological polar surface area (TPSA) is 153 Å². The Kier molecular flexibility index (Phi) is 13.0. The van der Waals surface area contributed by atoms with Crippen molar-refractivity contribution in [1.82, 2.24) is 19.9 Å². The summed E-state index contributed by atoms with van der Waals surface area (Å²) < 4.78 is 39.6. The standard InChI is InChI=1S/C22H31N7O.C17H24F3NS/c1-14(25-10-5-11-26-20(23)24)15-6-8-17(9-7-15)29-13-16-12-18(22(2,3)4)27-19(16)28-21(29)30;1-15(2,3)13-8-12(4-5-16(11-21)6-7-16)9-14(10-13)22-17(18,19)20/h6-9,12-14,25H,5,10-11H2,1-4H3,(H4,23,24,26)(H,27,28,30);8-10H,4-7,11,21H2,1-3H3/t14-;/m0./s1. The Hall–Kier alpha value is -3.81. The van der Waals surface area contributed by atoms with Gasteiger partial charge in [0.1, 0.15) is 5.65 Å². The molecule has 1 aliphatic rings. The quantitative estimate of drug-likeness (QED) is 0.0434. The molecule has 1 atom stereocenters. The molecule has 284 valence electrons. The molecule has 4 aromatic rings. The number of hydrogen-bond acceptors (Lipinski definition) is 6. The number of aliphatic imine (C=N–C) groups is 1. The van der Waals surface area contributed by atoms with Crippen LogP contribution in [0.25, 0.3) is 16.7 Å². The van der Waals surface area contributed by atoms with E-state index in [0.29, 0.717) is 18.7 Å². The maximum Gasteiger partial charge on any atom is 0.446 e. The molecule has 0 aliphatic heterocycles. The van der Waals surface area contributed by atoms with Crippen molar-refractivity contribution in [3.63, 3.8) is 0 Å². The molecule has 9 nitrogen and oxygen atoms in total. The smallest absolute Gasteiger partial charge is 0.370 e. The summed E-state index contributed by atoms with van der Waals surface area (Å²) in [7, 11) is 0. The molecule has 0 saturated heterocycles. The number of halogens is 3. The average molecular weight is 741 g/mol. The average Bonchev–Trinajstić information content (AvgIpc) is 3.71. The Balaban J connectivity index is 0.000000244. The maximum absolute atomic E-state index is 12.7. The fourth-order valence-electron chi connectivity index (χ4n) is 5.80. The molecule has 5 rings (SSSR count). The SMILES string of the molecule is CC(C)(C)c1cc(CCC2(CN)CC2)cc(SC(F)(F)F)c1.C[C@H](NCCCN=C(N)N)c1ccc(-n2cc3cc(C(C)(C)C)[nH]c3nc2=O)cc1. The normalized spacial score (nSPS) is 14.8. The molecule has 2 aromatic heterocycles. The first kappa shape index (κ1) is 41.0. The first-order valence-electron chi connectivity index (χ1n) is 17.8. The number of thioether (sulfide) groups is 1. The van der Waals surface area contributed by atoms with E-state index >= 15 is 0 Å². The summed E-state index contributed by atoms with van der Waals surface area (Å²) in [6.07, 6.45) is 6.75. The van der Waals surface area contributed by atoms with Crippen molar-refractivity contribution >= 4 is 28.8 Å². The number of guanidine groups is 1. The second-order valence-corrected chi connectivity index (χ2v) is 17.1. The van der Waals surface area contributed by atoms with E-state index in [2.05, 4.69) is 54.0 Å². The highest BCUT2D eigenvalue weighted by atomic mass is 32.2. The van der Waals surface area contributed by atoms with Crippen LogP contribution in [0.3, 0.4) is 0 Å². The molecule has 1 fully saturated rings. The Morgan fingerprint density at radius 2 is 1.71 bits per heavy atom. The van der Waals surface area contributed by atoms with Crippen molar-refractivity contribution in [2.75, 3.05) is 19.6 Å². The first-order valence-corrected chi connectivity index (χ1v) is 18.6. The number of nitrogens with one attached hydrogen (secondary N) is 2. The second-order valence-electron chi connectivity index (χ2n) is 15.9. The third-order valence-corrected chi connectivity index (χ3v) is 10.2. The van der Waals surface area contributed by atoms with Crippen LogP contribution < -0.4 is 28.2 Å². The Morgan fingerprint density at radius 3 is 2.27 bits per heavy atom. The molecule has 52 heavy (non-hydrogen) atoms. The summed E-state index contributed by atoms with van der Waals surface area (Å²) >= 11 is -0.0248. The van der Waals surface area contributed by atoms with Crippen LogP contribution in [-0.4, -0.2) is 45.6 Å². The zero-order valence-corrected chi connectivity index (χ0v) is 32.3.